The third-order valence-electron chi connectivity index (χ3n) is 3.47. The molecular formula is C13H14BrCl2NO3S. The topological polar surface area (TPSA) is 54.5 Å². The lowest BCUT2D eigenvalue weighted by molar-refractivity contribution is 0.0778. The van der Waals surface area contributed by atoms with Gasteiger partial charge in [-0.25, -0.2) is 8.42 Å². The Bertz CT molecular complexity index is 704. The second-order valence-electron chi connectivity index (χ2n) is 5.85. The molecule has 2 rings (SSSR count). The molecule has 0 atom stereocenters. The monoisotopic (exact) mass is 413 g/mol. The van der Waals surface area contributed by atoms with Crippen LogP contribution >= 0.6 is 38.2 Å². The molecule has 1 saturated heterocycles. The molecule has 4 nitrogen and oxygen atoms in total. The molecular weight excluding hydrogens is 401 g/mol. The van der Waals surface area contributed by atoms with Gasteiger partial charge in [-0.1, -0.05) is 25.4 Å². The van der Waals surface area contributed by atoms with Crippen LogP contribution in [0.25, 0.3) is 0 Å². The normalized spacial score (nSPS) is 18.0. The van der Waals surface area contributed by atoms with E-state index >= 15 is 0 Å². The van der Waals surface area contributed by atoms with Gasteiger partial charge in [0.15, 0.2) is 0 Å². The molecule has 1 heterocycles. The Labute approximate surface area is 142 Å². The van der Waals surface area contributed by atoms with Gasteiger partial charge in [0.05, 0.1) is 14.4 Å². The number of likely N-dealkylation sites (tertiary alicyclic amines) is 1. The maximum Gasteiger partial charge on any atom is 0.262 e. The summed E-state index contributed by atoms with van der Waals surface area (Å²) in [5, 5.41) is 0.138. The molecule has 1 aromatic rings. The van der Waals surface area contributed by atoms with Crippen molar-refractivity contribution in [2.75, 3.05) is 13.1 Å². The summed E-state index contributed by atoms with van der Waals surface area (Å²) >= 11 is 9.07. The summed E-state index contributed by atoms with van der Waals surface area (Å²) in [5.41, 5.74) is 0.288. The molecule has 0 bridgehead atoms. The van der Waals surface area contributed by atoms with E-state index in [4.69, 9.17) is 22.3 Å². The van der Waals surface area contributed by atoms with Crippen molar-refractivity contribution in [2.24, 2.45) is 5.41 Å². The Morgan fingerprint density at radius 1 is 1.38 bits per heavy atom. The van der Waals surface area contributed by atoms with Gasteiger partial charge >= 0.3 is 0 Å². The predicted molar refractivity (Wildman–Crippen MR) is 86.5 cm³/mol. The summed E-state index contributed by atoms with van der Waals surface area (Å²) in [7, 11) is 1.39. The zero-order valence-electron chi connectivity index (χ0n) is 11.5. The molecule has 0 aliphatic carbocycles. The van der Waals surface area contributed by atoms with Crippen LogP contribution < -0.4 is 0 Å². The van der Waals surface area contributed by atoms with E-state index in [-0.39, 0.29) is 31.3 Å². The highest BCUT2D eigenvalue weighted by Gasteiger charge is 2.33. The summed E-state index contributed by atoms with van der Waals surface area (Å²) < 4.78 is 23.3. The van der Waals surface area contributed by atoms with Crippen molar-refractivity contribution in [2.45, 2.75) is 25.2 Å². The molecule has 0 spiro atoms. The highest BCUT2D eigenvalue weighted by molar-refractivity contribution is 9.10. The molecule has 21 heavy (non-hydrogen) atoms. The fraction of sp³-hybridized carbons (Fsp3) is 0.462. The van der Waals surface area contributed by atoms with Crippen molar-refractivity contribution < 1.29 is 13.2 Å². The second kappa shape index (κ2) is 5.72. The van der Waals surface area contributed by atoms with Gasteiger partial charge in [0.25, 0.3) is 15.0 Å². The van der Waals surface area contributed by atoms with Crippen molar-refractivity contribution in [1.29, 1.82) is 0 Å². The van der Waals surface area contributed by atoms with Crippen LogP contribution in [0, 0.1) is 5.41 Å². The quantitative estimate of drug-likeness (QED) is 0.689. The lowest BCUT2D eigenvalue weighted by Gasteiger charge is -2.20. The first-order valence-electron chi connectivity index (χ1n) is 6.24. The van der Waals surface area contributed by atoms with Crippen LogP contribution in [0.5, 0.6) is 0 Å². The van der Waals surface area contributed by atoms with E-state index < -0.39 is 9.05 Å². The van der Waals surface area contributed by atoms with E-state index in [1.165, 1.54) is 12.1 Å². The lowest BCUT2D eigenvalue weighted by Crippen LogP contribution is -2.30. The number of halogens is 3. The molecule has 0 aromatic heterocycles. The van der Waals surface area contributed by atoms with Crippen molar-refractivity contribution in [1.82, 2.24) is 4.90 Å². The summed E-state index contributed by atoms with van der Waals surface area (Å²) in [6.45, 7) is 5.44. The molecule has 0 N–H and O–H groups in total. The first-order chi connectivity index (χ1) is 9.51. The molecule has 116 valence electrons. The second-order valence-corrected chi connectivity index (χ2v) is 9.58. The molecule has 0 radical (unpaired) electrons. The Balaban J connectivity index is 2.42. The minimum Gasteiger partial charge on any atom is -0.338 e. The summed E-state index contributed by atoms with van der Waals surface area (Å²) in [5.74, 6) is -0.239. The van der Waals surface area contributed by atoms with E-state index in [9.17, 15) is 13.2 Å². The summed E-state index contributed by atoms with van der Waals surface area (Å²) in [4.78, 5) is 14.0. The Morgan fingerprint density at radius 2 is 2.00 bits per heavy atom. The summed E-state index contributed by atoms with van der Waals surface area (Å²) in [6, 6.07) is 2.71. The lowest BCUT2D eigenvalue weighted by atomic mass is 9.93. The van der Waals surface area contributed by atoms with Gasteiger partial charge in [0, 0.05) is 29.3 Å². The Hall–Kier alpha value is -0.300. The van der Waals surface area contributed by atoms with Crippen LogP contribution in [0.3, 0.4) is 0 Å². The standard InChI is InChI=1S/C13H14BrCl2NO3S/c1-13(2)3-4-17(7-13)12(18)8-5-9(15)11(14)10(6-8)21(16,19)20/h5-6H,3-4,7H2,1-2H3. The summed E-state index contributed by atoms with van der Waals surface area (Å²) in [6.07, 6.45) is 0.906. The first-order valence-corrected chi connectivity index (χ1v) is 9.72. The van der Waals surface area contributed by atoms with Gasteiger partial charge in [-0.2, -0.15) is 0 Å². The van der Waals surface area contributed by atoms with Crippen molar-refractivity contribution in [3.63, 3.8) is 0 Å². The molecule has 1 fully saturated rings. The molecule has 1 aliphatic rings. The molecule has 0 saturated carbocycles. The van der Waals surface area contributed by atoms with Crippen LogP contribution in [0.1, 0.15) is 30.6 Å². The van der Waals surface area contributed by atoms with E-state index in [2.05, 4.69) is 29.8 Å². The van der Waals surface area contributed by atoms with E-state index in [1.54, 1.807) is 4.90 Å². The maximum absolute atomic E-state index is 12.5. The number of carbonyl (C=O) groups is 1. The van der Waals surface area contributed by atoms with Crippen LogP contribution in [-0.4, -0.2) is 32.3 Å². The fourth-order valence-electron chi connectivity index (χ4n) is 2.33. The molecule has 8 heteroatoms. The minimum absolute atomic E-state index is 0.0657. The van der Waals surface area contributed by atoms with Gasteiger partial charge in [0.2, 0.25) is 0 Å². The SMILES string of the molecule is CC1(C)CCN(C(=O)c2cc(Cl)c(Br)c(S(=O)(=O)Cl)c2)C1. The highest BCUT2D eigenvalue weighted by Crippen LogP contribution is 2.35. The van der Waals surface area contributed by atoms with Gasteiger partial charge < -0.3 is 4.90 Å². The van der Waals surface area contributed by atoms with Crippen LogP contribution in [0.15, 0.2) is 21.5 Å². The van der Waals surface area contributed by atoms with E-state index in [0.717, 1.165) is 6.42 Å². The average Bonchev–Trinajstić information content (AvgIpc) is 2.70. The van der Waals surface area contributed by atoms with Crippen LogP contribution in [0.4, 0.5) is 0 Å². The molecule has 1 amide bonds. The maximum atomic E-state index is 12.5. The number of hydrogen-bond donors (Lipinski definition) is 0. The zero-order chi connectivity index (χ0) is 16.0. The fourth-order valence-corrected chi connectivity index (χ4v) is 4.71. The largest absolute Gasteiger partial charge is 0.338 e. The third-order valence-corrected chi connectivity index (χ3v) is 6.46. The molecule has 0 unspecified atom stereocenters. The minimum atomic E-state index is -3.99. The Morgan fingerprint density at radius 3 is 2.48 bits per heavy atom. The van der Waals surface area contributed by atoms with Crippen LogP contribution in [0.2, 0.25) is 5.02 Å². The Kier molecular flexibility index (Phi) is 4.65. The number of nitrogens with zero attached hydrogens (tertiary/aromatic N) is 1. The smallest absolute Gasteiger partial charge is 0.262 e. The molecule has 1 aromatic carbocycles. The molecule has 1 aliphatic heterocycles. The number of hydrogen-bond acceptors (Lipinski definition) is 3. The van der Waals surface area contributed by atoms with Gasteiger partial charge in [-0.15, -0.1) is 0 Å². The number of amides is 1. The van der Waals surface area contributed by atoms with Gasteiger partial charge in [0.1, 0.15) is 0 Å². The van der Waals surface area contributed by atoms with Gasteiger partial charge in [-0.05, 0) is 39.9 Å². The number of rotatable bonds is 2. The van der Waals surface area contributed by atoms with Crippen molar-refractivity contribution in [3.05, 3.63) is 27.2 Å². The van der Waals surface area contributed by atoms with Crippen molar-refractivity contribution in [3.8, 4) is 0 Å². The zero-order valence-corrected chi connectivity index (χ0v) is 15.4. The van der Waals surface area contributed by atoms with Gasteiger partial charge in [-0.3, -0.25) is 4.79 Å². The highest BCUT2D eigenvalue weighted by atomic mass is 79.9. The third kappa shape index (κ3) is 3.73. The number of benzene rings is 1. The van der Waals surface area contributed by atoms with Crippen LogP contribution in [-0.2, 0) is 9.05 Å². The predicted octanol–water partition coefficient (Wildman–Crippen LogP) is 3.90. The average molecular weight is 415 g/mol. The number of carbonyl (C=O) groups excluding carboxylic acids is 1. The van der Waals surface area contributed by atoms with E-state index in [1.807, 2.05) is 0 Å². The van der Waals surface area contributed by atoms with Crippen molar-refractivity contribution >= 4 is 53.2 Å². The first kappa shape index (κ1) is 17.1. The van der Waals surface area contributed by atoms with E-state index in [0.29, 0.717) is 13.1 Å².